The Kier molecular flexibility index (Phi) is 4.37. The molecule has 1 aromatic heterocycles. The molecule has 1 aromatic rings. The van der Waals surface area contributed by atoms with Gasteiger partial charge in [-0.3, -0.25) is 9.69 Å². The van der Waals surface area contributed by atoms with Crippen molar-refractivity contribution in [3.05, 3.63) is 17.1 Å². The first-order chi connectivity index (χ1) is 11.6. The number of fused-ring (bicyclic) bond motifs is 1. The van der Waals surface area contributed by atoms with Crippen LogP contribution in [-0.2, 0) is 26.8 Å². The summed E-state index contributed by atoms with van der Waals surface area (Å²) >= 11 is 0. The fraction of sp³-hybridized carbons (Fsp3) is 0.688. The van der Waals surface area contributed by atoms with E-state index in [-0.39, 0.29) is 5.91 Å². The lowest BCUT2D eigenvalue weighted by molar-refractivity contribution is -0.117. The maximum atomic E-state index is 12.5. The predicted octanol–water partition coefficient (Wildman–Crippen LogP) is 0.464. The molecule has 0 spiro atoms. The molecule has 0 aromatic carbocycles. The number of amides is 1. The van der Waals surface area contributed by atoms with Crippen LogP contribution in [0, 0.1) is 6.92 Å². The molecule has 1 unspecified atom stereocenters. The number of carbonyl (C=O) groups excluding carboxylic acids is 1. The third-order valence-corrected chi connectivity index (χ3v) is 7.09. The first-order valence-electron chi connectivity index (χ1n) is 8.38. The zero-order valence-corrected chi connectivity index (χ0v) is 16.2. The quantitative estimate of drug-likeness (QED) is 0.775. The summed E-state index contributed by atoms with van der Waals surface area (Å²) in [4.78, 5) is 22.8. The van der Waals surface area contributed by atoms with Crippen LogP contribution in [-0.4, -0.2) is 67.1 Å². The van der Waals surface area contributed by atoms with Crippen molar-refractivity contribution in [2.75, 3.05) is 39.1 Å². The Hall–Kier alpha value is -1.58. The molecule has 0 N–H and O–H groups in total. The molecule has 3 heterocycles. The Labute approximate surface area is 149 Å². The van der Waals surface area contributed by atoms with Crippen molar-refractivity contribution in [3.8, 4) is 0 Å². The Balaban J connectivity index is 1.99. The molecule has 2 aliphatic heterocycles. The van der Waals surface area contributed by atoms with E-state index < -0.39 is 15.6 Å². The number of anilines is 1. The van der Waals surface area contributed by atoms with Crippen molar-refractivity contribution in [2.24, 2.45) is 0 Å². The van der Waals surface area contributed by atoms with E-state index in [2.05, 4.69) is 9.97 Å². The van der Waals surface area contributed by atoms with Gasteiger partial charge in [-0.05, 0) is 19.8 Å². The van der Waals surface area contributed by atoms with Crippen LogP contribution in [0.1, 0.15) is 36.8 Å². The Bertz CT molecular complexity index is 823. The van der Waals surface area contributed by atoms with E-state index in [1.165, 1.54) is 22.7 Å². The van der Waals surface area contributed by atoms with E-state index in [1.807, 2.05) is 13.8 Å². The minimum absolute atomic E-state index is 0.00941. The van der Waals surface area contributed by atoms with Crippen LogP contribution in [0.3, 0.4) is 0 Å². The lowest BCUT2D eigenvalue weighted by Crippen LogP contribution is -2.51. The summed E-state index contributed by atoms with van der Waals surface area (Å²) in [6.07, 6.45) is 1.88. The monoisotopic (exact) mass is 367 g/mol. The molecule has 0 aliphatic carbocycles. The van der Waals surface area contributed by atoms with Crippen LogP contribution in [0.5, 0.6) is 0 Å². The third-order valence-electron chi connectivity index (χ3n) is 5.20. The largest absolute Gasteiger partial charge is 0.299 e. The highest BCUT2D eigenvalue weighted by atomic mass is 32.2. The number of hydrogen-bond donors (Lipinski definition) is 0. The molecule has 25 heavy (non-hydrogen) atoms. The van der Waals surface area contributed by atoms with Gasteiger partial charge in [0.2, 0.25) is 5.91 Å². The average Bonchev–Trinajstić information content (AvgIpc) is 2.83. The van der Waals surface area contributed by atoms with Gasteiger partial charge in [-0.1, -0.05) is 6.92 Å². The Morgan fingerprint density at radius 2 is 1.92 bits per heavy atom. The maximum absolute atomic E-state index is 12.5. The van der Waals surface area contributed by atoms with Crippen molar-refractivity contribution >= 4 is 21.9 Å². The van der Waals surface area contributed by atoms with Gasteiger partial charge >= 0.3 is 0 Å². The molecule has 1 amide bonds. The van der Waals surface area contributed by atoms with E-state index in [9.17, 15) is 13.2 Å². The molecule has 1 saturated heterocycles. The number of carbonyl (C=O) groups is 1. The average molecular weight is 367 g/mol. The van der Waals surface area contributed by atoms with Crippen LogP contribution < -0.4 is 4.90 Å². The number of hydrogen-bond acceptors (Lipinski definition) is 5. The fourth-order valence-corrected chi connectivity index (χ4v) is 4.80. The number of likely N-dealkylation sites (N-methyl/N-ethyl adjacent to an activating group) is 1. The number of nitrogens with zero attached hydrogens (tertiary/aromatic N) is 5. The van der Waals surface area contributed by atoms with Crippen LogP contribution in [0.2, 0.25) is 0 Å². The standard InChI is InChI=1S/C16H25N5O3S/c1-11-12-9-13(22)20(5)14(12)18-15(17-11)16(2)7-6-8-21(10-16)25(23,24)19(3)4/h6-10H2,1-5H3. The molecule has 0 bridgehead atoms. The van der Waals surface area contributed by atoms with Gasteiger partial charge in [0, 0.05) is 50.9 Å². The highest BCUT2D eigenvalue weighted by molar-refractivity contribution is 7.86. The van der Waals surface area contributed by atoms with E-state index in [0.717, 1.165) is 24.1 Å². The van der Waals surface area contributed by atoms with Crippen molar-refractivity contribution in [2.45, 2.75) is 38.5 Å². The second-order valence-corrected chi connectivity index (χ2v) is 9.49. The lowest BCUT2D eigenvalue weighted by atomic mass is 9.81. The summed E-state index contributed by atoms with van der Waals surface area (Å²) in [6.45, 7) is 4.72. The van der Waals surface area contributed by atoms with E-state index >= 15 is 0 Å². The van der Waals surface area contributed by atoms with Crippen molar-refractivity contribution in [3.63, 3.8) is 0 Å². The molecule has 8 nitrogen and oxygen atoms in total. The maximum Gasteiger partial charge on any atom is 0.281 e. The summed E-state index contributed by atoms with van der Waals surface area (Å²) < 4.78 is 27.8. The van der Waals surface area contributed by atoms with E-state index in [4.69, 9.17) is 0 Å². The lowest BCUT2D eigenvalue weighted by Gasteiger charge is -2.39. The van der Waals surface area contributed by atoms with Gasteiger partial charge in [0.1, 0.15) is 11.6 Å². The number of aryl methyl sites for hydroxylation is 1. The van der Waals surface area contributed by atoms with Gasteiger partial charge in [0.05, 0.1) is 6.42 Å². The fourth-order valence-electron chi connectivity index (χ4n) is 3.53. The molecule has 3 rings (SSSR count). The second-order valence-electron chi connectivity index (χ2n) is 7.35. The predicted molar refractivity (Wildman–Crippen MR) is 94.6 cm³/mol. The third kappa shape index (κ3) is 2.94. The second kappa shape index (κ2) is 6.00. The molecule has 9 heteroatoms. The number of piperidine rings is 1. The summed E-state index contributed by atoms with van der Waals surface area (Å²) in [7, 11) is 1.32. The molecular formula is C16H25N5O3S. The Morgan fingerprint density at radius 1 is 1.24 bits per heavy atom. The van der Waals surface area contributed by atoms with Crippen LogP contribution >= 0.6 is 0 Å². The first-order valence-corrected chi connectivity index (χ1v) is 9.78. The highest BCUT2D eigenvalue weighted by Crippen LogP contribution is 2.36. The zero-order chi connectivity index (χ0) is 18.6. The number of rotatable bonds is 3. The van der Waals surface area contributed by atoms with Crippen molar-refractivity contribution in [1.29, 1.82) is 0 Å². The normalized spacial score (nSPS) is 24.9. The highest BCUT2D eigenvalue weighted by Gasteiger charge is 2.41. The molecule has 0 saturated carbocycles. The van der Waals surface area contributed by atoms with Gasteiger partial charge in [-0.25, -0.2) is 9.97 Å². The van der Waals surface area contributed by atoms with Crippen LogP contribution in [0.4, 0.5) is 5.82 Å². The van der Waals surface area contributed by atoms with Gasteiger partial charge in [0.15, 0.2) is 0 Å². The van der Waals surface area contributed by atoms with Gasteiger partial charge < -0.3 is 0 Å². The number of aromatic nitrogens is 2. The van der Waals surface area contributed by atoms with Gasteiger partial charge in [-0.15, -0.1) is 0 Å². The SMILES string of the molecule is Cc1nc(C2(C)CCCN(S(=O)(=O)N(C)C)C2)nc2c1CC(=O)N2C. The summed E-state index contributed by atoms with van der Waals surface area (Å²) in [5, 5.41) is 0. The molecule has 138 valence electrons. The van der Waals surface area contributed by atoms with Crippen molar-refractivity contribution in [1.82, 2.24) is 18.6 Å². The van der Waals surface area contributed by atoms with Gasteiger partial charge in [-0.2, -0.15) is 17.0 Å². The molecule has 1 fully saturated rings. The topological polar surface area (TPSA) is 86.7 Å². The van der Waals surface area contributed by atoms with Gasteiger partial charge in [0.25, 0.3) is 10.2 Å². The van der Waals surface area contributed by atoms with Crippen LogP contribution in [0.25, 0.3) is 0 Å². The minimum Gasteiger partial charge on any atom is -0.299 e. The van der Waals surface area contributed by atoms with E-state index in [0.29, 0.717) is 31.2 Å². The van der Waals surface area contributed by atoms with Crippen molar-refractivity contribution < 1.29 is 13.2 Å². The summed E-state index contributed by atoms with van der Waals surface area (Å²) in [5.41, 5.74) is 1.19. The zero-order valence-electron chi connectivity index (χ0n) is 15.4. The first kappa shape index (κ1) is 18.2. The summed E-state index contributed by atoms with van der Waals surface area (Å²) in [5.74, 6) is 1.28. The van der Waals surface area contributed by atoms with Crippen LogP contribution in [0.15, 0.2) is 0 Å². The van der Waals surface area contributed by atoms with E-state index in [1.54, 1.807) is 11.9 Å². The molecule has 2 aliphatic rings. The summed E-state index contributed by atoms with van der Waals surface area (Å²) in [6, 6.07) is 0. The molecule has 1 atom stereocenters. The minimum atomic E-state index is -3.47. The smallest absolute Gasteiger partial charge is 0.281 e. The Morgan fingerprint density at radius 3 is 2.56 bits per heavy atom. The molecular weight excluding hydrogens is 342 g/mol. The molecule has 0 radical (unpaired) electrons.